The summed E-state index contributed by atoms with van der Waals surface area (Å²) >= 11 is 0. The molecule has 0 amide bonds. The first kappa shape index (κ1) is 12.7. The molecule has 1 aromatic rings. The largest absolute Gasteiger partial charge is 0.488 e. The Morgan fingerprint density at radius 1 is 1.22 bits per heavy atom. The van der Waals surface area contributed by atoms with E-state index in [1.165, 1.54) is 37.8 Å². The van der Waals surface area contributed by atoms with Crippen LogP contribution in [0.15, 0.2) is 18.2 Å². The molecule has 0 spiro atoms. The molecule has 0 radical (unpaired) electrons. The van der Waals surface area contributed by atoms with E-state index < -0.39 is 5.97 Å². The number of carbonyl (C=O) groups is 1. The van der Waals surface area contributed by atoms with Gasteiger partial charge in [-0.3, -0.25) is 0 Å². The fraction of sp³-hybridized carbons (Fsp3) is 0.500. The maximum atomic E-state index is 10.8. The van der Waals surface area contributed by atoms with Gasteiger partial charge in [-0.15, -0.1) is 0 Å². The number of hydrogen-bond acceptors (Lipinski definition) is 3. The Bertz CT molecular complexity index is 423. The van der Waals surface area contributed by atoms with Gasteiger partial charge in [-0.1, -0.05) is 12.8 Å². The number of nitrogens with two attached hydrogens (primary N) is 1. The minimum atomic E-state index is -0.970. The highest BCUT2D eigenvalue weighted by Crippen LogP contribution is 2.27. The molecule has 1 aromatic carbocycles. The highest BCUT2D eigenvalue weighted by atomic mass is 16.5. The summed E-state index contributed by atoms with van der Waals surface area (Å²) in [6.45, 7) is 0. The maximum absolute atomic E-state index is 10.8. The quantitative estimate of drug-likeness (QED) is 0.638. The molecular weight excluding hydrogens is 230 g/mol. The predicted octanol–water partition coefficient (Wildman–Crippen LogP) is 3.07. The van der Waals surface area contributed by atoms with Crippen LogP contribution in [0.2, 0.25) is 0 Å². The molecule has 1 aliphatic carbocycles. The van der Waals surface area contributed by atoms with Crippen molar-refractivity contribution < 1.29 is 14.6 Å². The molecule has 0 saturated heterocycles. The van der Waals surface area contributed by atoms with Gasteiger partial charge in [0, 0.05) is 0 Å². The van der Waals surface area contributed by atoms with Crippen LogP contribution in [0.4, 0.5) is 5.69 Å². The van der Waals surface area contributed by atoms with Gasteiger partial charge in [0.05, 0.1) is 17.4 Å². The number of benzene rings is 1. The summed E-state index contributed by atoms with van der Waals surface area (Å²) in [4.78, 5) is 10.8. The fourth-order valence-corrected chi connectivity index (χ4v) is 2.33. The molecule has 98 valence electrons. The van der Waals surface area contributed by atoms with Crippen molar-refractivity contribution in [3.05, 3.63) is 23.8 Å². The van der Waals surface area contributed by atoms with Gasteiger partial charge >= 0.3 is 5.97 Å². The van der Waals surface area contributed by atoms with Crippen molar-refractivity contribution in [3.8, 4) is 5.75 Å². The number of anilines is 1. The van der Waals surface area contributed by atoms with E-state index in [1.54, 1.807) is 6.07 Å². The van der Waals surface area contributed by atoms with Gasteiger partial charge < -0.3 is 15.6 Å². The average Bonchev–Trinajstić information content (AvgIpc) is 2.60. The van der Waals surface area contributed by atoms with Crippen LogP contribution in [0.1, 0.15) is 48.9 Å². The Labute approximate surface area is 107 Å². The standard InChI is InChI=1S/C14H19NO3/c15-12-9-10(14(16)17)7-8-13(12)18-11-5-3-1-2-4-6-11/h7-9,11H,1-6,15H2,(H,16,17). The average molecular weight is 249 g/mol. The van der Waals surface area contributed by atoms with Gasteiger partial charge in [0.1, 0.15) is 5.75 Å². The normalized spacial score (nSPS) is 17.1. The van der Waals surface area contributed by atoms with Crippen molar-refractivity contribution in [2.45, 2.75) is 44.6 Å². The second-order valence-corrected chi connectivity index (χ2v) is 4.79. The van der Waals surface area contributed by atoms with Crippen LogP contribution in [-0.2, 0) is 0 Å². The van der Waals surface area contributed by atoms with E-state index in [2.05, 4.69) is 0 Å². The predicted molar refractivity (Wildman–Crippen MR) is 69.9 cm³/mol. The Morgan fingerprint density at radius 3 is 2.44 bits per heavy atom. The molecule has 0 aromatic heterocycles. The highest BCUT2D eigenvalue weighted by molar-refractivity contribution is 5.89. The summed E-state index contributed by atoms with van der Waals surface area (Å²) in [6, 6.07) is 4.64. The topological polar surface area (TPSA) is 72.6 Å². The van der Waals surface area contributed by atoms with E-state index in [0.717, 1.165) is 12.8 Å². The zero-order valence-corrected chi connectivity index (χ0v) is 10.4. The first-order valence-electron chi connectivity index (χ1n) is 6.46. The van der Waals surface area contributed by atoms with Crippen LogP contribution in [0, 0.1) is 0 Å². The number of nitrogen functional groups attached to an aromatic ring is 1. The van der Waals surface area contributed by atoms with Crippen LogP contribution >= 0.6 is 0 Å². The molecule has 0 bridgehead atoms. The molecular formula is C14H19NO3. The second kappa shape index (κ2) is 5.76. The molecule has 4 heteroatoms. The summed E-state index contributed by atoms with van der Waals surface area (Å²) in [5.41, 5.74) is 6.42. The van der Waals surface area contributed by atoms with E-state index >= 15 is 0 Å². The van der Waals surface area contributed by atoms with E-state index in [-0.39, 0.29) is 11.7 Å². The summed E-state index contributed by atoms with van der Waals surface area (Å²) in [5, 5.41) is 8.86. The lowest BCUT2D eigenvalue weighted by Gasteiger charge is -2.18. The van der Waals surface area contributed by atoms with E-state index in [9.17, 15) is 4.79 Å². The van der Waals surface area contributed by atoms with Crippen molar-refractivity contribution in [3.63, 3.8) is 0 Å². The lowest BCUT2D eigenvalue weighted by atomic mass is 10.1. The van der Waals surface area contributed by atoms with Crippen LogP contribution in [0.25, 0.3) is 0 Å². The number of hydrogen-bond donors (Lipinski definition) is 2. The van der Waals surface area contributed by atoms with Gasteiger partial charge in [0.25, 0.3) is 0 Å². The number of ether oxygens (including phenoxy) is 1. The first-order valence-corrected chi connectivity index (χ1v) is 6.46. The molecule has 0 aliphatic heterocycles. The summed E-state index contributed by atoms with van der Waals surface area (Å²) in [5.74, 6) is -0.366. The van der Waals surface area contributed by atoms with Crippen molar-refractivity contribution in [1.82, 2.24) is 0 Å². The molecule has 1 saturated carbocycles. The minimum absolute atomic E-state index is 0.195. The summed E-state index contributed by atoms with van der Waals surface area (Å²) in [6.07, 6.45) is 7.25. The van der Waals surface area contributed by atoms with Gasteiger partial charge in [-0.2, -0.15) is 0 Å². The van der Waals surface area contributed by atoms with Crippen molar-refractivity contribution in [2.24, 2.45) is 0 Å². The number of rotatable bonds is 3. The Kier molecular flexibility index (Phi) is 4.07. The lowest BCUT2D eigenvalue weighted by Crippen LogP contribution is -2.16. The zero-order chi connectivity index (χ0) is 13.0. The first-order chi connectivity index (χ1) is 8.66. The Hall–Kier alpha value is -1.71. The molecule has 4 nitrogen and oxygen atoms in total. The molecule has 0 atom stereocenters. The number of carboxylic acid groups (broad SMARTS) is 1. The summed E-state index contributed by atoms with van der Waals surface area (Å²) in [7, 11) is 0. The molecule has 18 heavy (non-hydrogen) atoms. The monoisotopic (exact) mass is 249 g/mol. The molecule has 2 rings (SSSR count). The third-order valence-corrected chi connectivity index (χ3v) is 3.35. The Balaban J connectivity index is 2.06. The van der Waals surface area contributed by atoms with E-state index in [0.29, 0.717) is 11.4 Å². The minimum Gasteiger partial charge on any atom is -0.488 e. The van der Waals surface area contributed by atoms with Crippen LogP contribution in [0.3, 0.4) is 0 Å². The van der Waals surface area contributed by atoms with Gasteiger partial charge in [-0.25, -0.2) is 4.79 Å². The number of carboxylic acids is 1. The maximum Gasteiger partial charge on any atom is 0.335 e. The number of aromatic carboxylic acids is 1. The van der Waals surface area contributed by atoms with Crippen LogP contribution in [0.5, 0.6) is 5.75 Å². The van der Waals surface area contributed by atoms with Crippen molar-refractivity contribution >= 4 is 11.7 Å². The molecule has 1 aliphatic rings. The smallest absolute Gasteiger partial charge is 0.335 e. The van der Waals surface area contributed by atoms with Crippen LogP contribution < -0.4 is 10.5 Å². The van der Waals surface area contributed by atoms with E-state index in [4.69, 9.17) is 15.6 Å². The lowest BCUT2D eigenvalue weighted by molar-refractivity contribution is 0.0697. The van der Waals surface area contributed by atoms with E-state index in [1.807, 2.05) is 0 Å². The third-order valence-electron chi connectivity index (χ3n) is 3.35. The molecule has 0 heterocycles. The van der Waals surface area contributed by atoms with Crippen molar-refractivity contribution in [2.75, 3.05) is 5.73 Å². The summed E-state index contributed by atoms with van der Waals surface area (Å²) < 4.78 is 5.88. The highest BCUT2D eigenvalue weighted by Gasteiger charge is 2.15. The third kappa shape index (κ3) is 3.15. The Morgan fingerprint density at radius 2 is 1.89 bits per heavy atom. The molecule has 0 unspecified atom stereocenters. The fourth-order valence-electron chi connectivity index (χ4n) is 2.33. The SMILES string of the molecule is Nc1cc(C(=O)O)ccc1OC1CCCCCC1. The van der Waals surface area contributed by atoms with Gasteiger partial charge in [0.2, 0.25) is 0 Å². The molecule has 1 fully saturated rings. The zero-order valence-electron chi connectivity index (χ0n) is 10.4. The van der Waals surface area contributed by atoms with Crippen LogP contribution in [-0.4, -0.2) is 17.2 Å². The van der Waals surface area contributed by atoms with Gasteiger partial charge in [0.15, 0.2) is 0 Å². The van der Waals surface area contributed by atoms with Gasteiger partial charge in [-0.05, 0) is 43.9 Å². The second-order valence-electron chi connectivity index (χ2n) is 4.79. The molecule has 3 N–H and O–H groups in total. The van der Waals surface area contributed by atoms with Crippen molar-refractivity contribution in [1.29, 1.82) is 0 Å².